The summed E-state index contributed by atoms with van der Waals surface area (Å²) in [5.41, 5.74) is 3.79. The molecule has 0 fully saturated rings. The molecule has 4 heteroatoms. The van der Waals surface area contributed by atoms with Gasteiger partial charge in [0.1, 0.15) is 0 Å². The summed E-state index contributed by atoms with van der Waals surface area (Å²) in [6.45, 7) is 3.94. The Morgan fingerprint density at radius 1 is 0.941 bits per heavy atom. The van der Waals surface area contributed by atoms with Crippen LogP contribution < -0.4 is 0 Å². The van der Waals surface area contributed by atoms with Gasteiger partial charge in [-0.05, 0) is 37.6 Å². The molecule has 0 saturated carbocycles. The van der Waals surface area contributed by atoms with Crippen molar-refractivity contribution >= 4 is 34.8 Å². The largest absolute Gasteiger partial charge is 0.253 e. The second-order valence-corrected chi connectivity index (χ2v) is 5.06. The minimum atomic E-state index is 0.377. The lowest BCUT2D eigenvalue weighted by Gasteiger charge is -2.08. The van der Waals surface area contributed by atoms with Gasteiger partial charge in [-0.15, -0.1) is 0 Å². The molecule has 1 heterocycles. The molecule has 0 spiro atoms. The zero-order valence-corrected chi connectivity index (χ0v) is 11.7. The van der Waals surface area contributed by atoms with Gasteiger partial charge < -0.3 is 0 Å². The molecule has 0 radical (unpaired) electrons. The number of aryl methyl sites for hydroxylation is 2. The normalized spacial score (nSPS) is 10.6. The molecule has 0 aliphatic heterocycles. The molecule has 0 N–H and O–H groups in total. The van der Waals surface area contributed by atoms with Gasteiger partial charge in [0.2, 0.25) is 0 Å². The Kier molecular flexibility index (Phi) is 3.62. The number of aromatic nitrogens is 1. The minimum Gasteiger partial charge on any atom is -0.253 e. The van der Waals surface area contributed by atoms with Crippen LogP contribution in [0.5, 0.6) is 0 Å². The standard InChI is InChI=1S/C13H10Cl3N/c1-7-3-4-8(2)17-13(7)9-5-10(14)12(16)11(15)6-9/h3-6H,1-2H3. The summed E-state index contributed by atoms with van der Waals surface area (Å²) in [7, 11) is 0. The van der Waals surface area contributed by atoms with E-state index < -0.39 is 0 Å². The molecule has 2 rings (SSSR count). The Morgan fingerprint density at radius 2 is 1.53 bits per heavy atom. The Labute approximate surface area is 115 Å². The van der Waals surface area contributed by atoms with E-state index in [1.54, 1.807) is 12.1 Å². The van der Waals surface area contributed by atoms with E-state index in [1.165, 1.54) is 0 Å². The van der Waals surface area contributed by atoms with Crippen molar-refractivity contribution in [3.63, 3.8) is 0 Å². The van der Waals surface area contributed by atoms with Crippen molar-refractivity contribution in [3.05, 3.63) is 50.6 Å². The van der Waals surface area contributed by atoms with Crippen molar-refractivity contribution in [1.29, 1.82) is 0 Å². The van der Waals surface area contributed by atoms with Crippen molar-refractivity contribution in [3.8, 4) is 11.3 Å². The minimum absolute atomic E-state index is 0.377. The summed E-state index contributed by atoms with van der Waals surface area (Å²) in [5, 5.41) is 1.26. The lowest BCUT2D eigenvalue weighted by atomic mass is 10.1. The van der Waals surface area contributed by atoms with Gasteiger partial charge in [-0.25, -0.2) is 0 Å². The van der Waals surface area contributed by atoms with Crippen LogP contribution in [0, 0.1) is 13.8 Å². The summed E-state index contributed by atoms with van der Waals surface area (Å²) in [5.74, 6) is 0. The maximum atomic E-state index is 6.02. The van der Waals surface area contributed by atoms with E-state index in [-0.39, 0.29) is 0 Å². The summed E-state index contributed by atoms with van der Waals surface area (Å²) in [6.07, 6.45) is 0. The van der Waals surface area contributed by atoms with Gasteiger partial charge in [0.15, 0.2) is 0 Å². The molecule has 1 nitrogen and oxygen atoms in total. The lowest BCUT2D eigenvalue weighted by Crippen LogP contribution is -1.91. The summed E-state index contributed by atoms with van der Waals surface area (Å²) < 4.78 is 0. The molecule has 0 saturated heterocycles. The van der Waals surface area contributed by atoms with Gasteiger partial charge in [0.05, 0.1) is 20.8 Å². The lowest BCUT2D eigenvalue weighted by molar-refractivity contribution is 1.18. The molecule has 88 valence electrons. The highest BCUT2D eigenvalue weighted by atomic mass is 35.5. The first-order chi connectivity index (χ1) is 7.99. The highest BCUT2D eigenvalue weighted by molar-refractivity contribution is 6.48. The van der Waals surface area contributed by atoms with Crippen LogP contribution >= 0.6 is 34.8 Å². The van der Waals surface area contributed by atoms with Crippen LogP contribution in [-0.4, -0.2) is 4.98 Å². The van der Waals surface area contributed by atoms with E-state index in [1.807, 2.05) is 26.0 Å². The van der Waals surface area contributed by atoms with E-state index in [0.29, 0.717) is 15.1 Å². The number of hydrogen-bond donors (Lipinski definition) is 0. The van der Waals surface area contributed by atoms with Crippen LogP contribution in [0.1, 0.15) is 11.3 Å². The SMILES string of the molecule is Cc1ccc(C)c(-c2cc(Cl)c(Cl)c(Cl)c2)n1. The number of hydrogen-bond acceptors (Lipinski definition) is 1. The molecule has 1 aromatic heterocycles. The molecule has 17 heavy (non-hydrogen) atoms. The van der Waals surface area contributed by atoms with Crippen molar-refractivity contribution in [2.45, 2.75) is 13.8 Å². The number of pyridine rings is 1. The van der Waals surface area contributed by atoms with E-state index in [2.05, 4.69) is 4.98 Å². The molecule has 0 aliphatic carbocycles. The molecular formula is C13H10Cl3N. The summed E-state index contributed by atoms with van der Waals surface area (Å²) in [6, 6.07) is 7.56. The molecule has 0 bridgehead atoms. The molecule has 0 unspecified atom stereocenters. The fourth-order valence-electron chi connectivity index (χ4n) is 1.61. The van der Waals surface area contributed by atoms with Gasteiger partial charge in [0, 0.05) is 11.3 Å². The fraction of sp³-hybridized carbons (Fsp3) is 0.154. The van der Waals surface area contributed by atoms with Crippen LogP contribution in [0.2, 0.25) is 15.1 Å². The Hall–Kier alpha value is -0.760. The highest BCUT2D eigenvalue weighted by Gasteiger charge is 2.10. The maximum absolute atomic E-state index is 6.02. The molecule has 0 atom stereocenters. The quantitative estimate of drug-likeness (QED) is 0.646. The van der Waals surface area contributed by atoms with E-state index >= 15 is 0 Å². The predicted molar refractivity (Wildman–Crippen MR) is 74.2 cm³/mol. The van der Waals surface area contributed by atoms with Gasteiger partial charge in [-0.2, -0.15) is 0 Å². The Morgan fingerprint density at radius 3 is 2.12 bits per heavy atom. The number of halogens is 3. The topological polar surface area (TPSA) is 12.9 Å². The number of benzene rings is 1. The smallest absolute Gasteiger partial charge is 0.0778 e. The van der Waals surface area contributed by atoms with Crippen LogP contribution in [0.4, 0.5) is 0 Å². The highest BCUT2D eigenvalue weighted by Crippen LogP contribution is 2.35. The van der Waals surface area contributed by atoms with Gasteiger partial charge in [-0.1, -0.05) is 40.9 Å². The molecule has 2 aromatic rings. The second kappa shape index (κ2) is 4.85. The third-order valence-electron chi connectivity index (χ3n) is 2.49. The first kappa shape index (κ1) is 12.7. The Bertz CT molecular complexity index is 556. The van der Waals surface area contributed by atoms with Crippen LogP contribution in [-0.2, 0) is 0 Å². The summed E-state index contributed by atoms with van der Waals surface area (Å²) in [4.78, 5) is 4.49. The van der Waals surface area contributed by atoms with Gasteiger partial charge in [0.25, 0.3) is 0 Å². The molecular weight excluding hydrogens is 277 g/mol. The van der Waals surface area contributed by atoms with Crippen molar-refractivity contribution < 1.29 is 0 Å². The molecule has 1 aromatic carbocycles. The average Bonchev–Trinajstić information content (AvgIpc) is 2.28. The first-order valence-electron chi connectivity index (χ1n) is 5.08. The second-order valence-electron chi connectivity index (χ2n) is 3.87. The monoisotopic (exact) mass is 285 g/mol. The zero-order valence-electron chi connectivity index (χ0n) is 9.39. The number of rotatable bonds is 1. The Balaban J connectivity index is 2.64. The third kappa shape index (κ3) is 2.57. The van der Waals surface area contributed by atoms with Gasteiger partial charge >= 0.3 is 0 Å². The molecule has 0 amide bonds. The van der Waals surface area contributed by atoms with Crippen molar-refractivity contribution in [2.24, 2.45) is 0 Å². The van der Waals surface area contributed by atoms with Gasteiger partial charge in [-0.3, -0.25) is 4.98 Å². The zero-order chi connectivity index (χ0) is 12.6. The van der Waals surface area contributed by atoms with Crippen LogP contribution in [0.15, 0.2) is 24.3 Å². The first-order valence-corrected chi connectivity index (χ1v) is 6.21. The van der Waals surface area contributed by atoms with E-state index in [4.69, 9.17) is 34.8 Å². The average molecular weight is 287 g/mol. The van der Waals surface area contributed by atoms with Crippen LogP contribution in [0.25, 0.3) is 11.3 Å². The summed E-state index contributed by atoms with van der Waals surface area (Å²) >= 11 is 18.0. The van der Waals surface area contributed by atoms with E-state index in [9.17, 15) is 0 Å². The van der Waals surface area contributed by atoms with Crippen molar-refractivity contribution in [1.82, 2.24) is 4.98 Å². The van der Waals surface area contributed by atoms with Crippen molar-refractivity contribution in [2.75, 3.05) is 0 Å². The predicted octanol–water partition coefficient (Wildman–Crippen LogP) is 5.33. The van der Waals surface area contributed by atoms with E-state index in [0.717, 1.165) is 22.5 Å². The maximum Gasteiger partial charge on any atom is 0.0778 e. The number of nitrogens with zero attached hydrogens (tertiary/aromatic N) is 1. The molecule has 0 aliphatic rings. The van der Waals surface area contributed by atoms with Crippen LogP contribution in [0.3, 0.4) is 0 Å². The third-order valence-corrected chi connectivity index (χ3v) is 3.69. The fourth-order valence-corrected chi connectivity index (χ4v) is 2.21.